The first kappa shape index (κ1) is 24.1. The van der Waals surface area contributed by atoms with Crippen molar-refractivity contribution in [3.05, 3.63) is 104 Å². The van der Waals surface area contributed by atoms with Crippen LogP contribution in [0.3, 0.4) is 0 Å². The Kier molecular flexibility index (Phi) is 6.89. The second-order valence-electron chi connectivity index (χ2n) is 8.91. The van der Waals surface area contributed by atoms with E-state index in [0.29, 0.717) is 30.0 Å². The maximum atomic E-state index is 13.6. The Balaban J connectivity index is 1.48. The summed E-state index contributed by atoms with van der Waals surface area (Å²) in [5.41, 5.74) is 5.61. The summed E-state index contributed by atoms with van der Waals surface area (Å²) in [6, 6.07) is 15.7. The molecule has 10 nitrogen and oxygen atoms in total. The lowest BCUT2D eigenvalue weighted by atomic mass is 9.98. The van der Waals surface area contributed by atoms with Crippen LogP contribution in [-0.2, 0) is 19.4 Å². The topological polar surface area (TPSA) is 135 Å². The maximum Gasteiger partial charge on any atom is 0.439 e. The summed E-state index contributed by atoms with van der Waals surface area (Å²) in [6.07, 6.45) is 4.70. The summed E-state index contributed by atoms with van der Waals surface area (Å²) >= 11 is 0. The van der Waals surface area contributed by atoms with Crippen LogP contribution in [0.25, 0.3) is 22.5 Å². The highest BCUT2D eigenvalue weighted by Crippen LogP contribution is 2.30. The number of nitrogens with one attached hydrogen (secondary N) is 2. The van der Waals surface area contributed by atoms with Crippen LogP contribution in [0.4, 0.5) is 0 Å². The van der Waals surface area contributed by atoms with Crippen molar-refractivity contribution in [2.75, 3.05) is 0 Å². The van der Waals surface area contributed by atoms with E-state index < -0.39 is 5.76 Å². The highest BCUT2D eigenvalue weighted by Gasteiger charge is 2.17. The van der Waals surface area contributed by atoms with Gasteiger partial charge in [-0.3, -0.25) is 18.9 Å². The van der Waals surface area contributed by atoms with Crippen molar-refractivity contribution >= 4 is 0 Å². The fourth-order valence-electron chi connectivity index (χ4n) is 4.40. The summed E-state index contributed by atoms with van der Waals surface area (Å²) in [4.78, 5) is 32.5. The average Bonchev–Trinajstić information content (AvgIpc) is 3.59. The number of H-pyrrole nitrogens is 2. The molecule has 0 aliphatic heterocycles. The summed E-state index contributed by atoms with van der Waals surface area (Å²) in [7, 11) is 0. The van der Waals surface area contributed by atoms with Crippen LogP contribution in [0, 0.1) is 6.92 Å². The van der Waals surface area contributed by atoms with Gasteiger partial charge in [0.25, 0.3) is 5.56 Å². The molecule has 0 atom stereocenters. The number of hydrogen-bond acceptors (Lipinski definition) is 7. The molecule has 0 fully saturated rings. The Morgan fingerprint density at radius 1 is 1.03 bits per heavy atom. The van der Waals surface area contributed by atoms with Gasteiger partial charge in [0, 0.05) is 29.7 Å². The van der Waals surface area contributed by atoms with Gasteiger partial charge < -0.3 is 0 Å². The normalized spacial score (nSPS) is 11.2. The third-order valence-electron chi connectivity index (χ3n) is 6.35. The van der Waals surface area contributed by atoms with Crippen LogP contribution in [0.2, 0.25) is 0 Å². The van der Waals surface area contributed by atoms with Gasteiger partial charge in [-0.15, -0.1) is 0 Å². The van der Waals surface area contributed by atoms with E-state index in [1.807, 2.05) is 55.5 Å². The van der Waals surface area contributed by atoms with Gasteiger partial charge in [0.2, 0.25) is 0 Å². The maximum absolute atomic E-state index is 13.6. The number of rotatable bonds is 9. The van der Waals surface area contributed by atoms with Gasteiger partial charge in [0.1, 0.15) is 5.82 Å². The molecule has 0 unspecified atom stereocenters. The van der Waals surface area contributed by atoms with Gasteiger partial charge in [0.15, 0.2) is 5.82 Å². The first-order chi connectivity index (χ1) is 18.0. The van der Waals surface area contributed by atoms with Gasteiger partial charge in [-0.25, -0.2) is 9.78 Å². The highest BCUT2D eigenvalue weighted by molar-refractivity contribution is 5.80. The zero-order valence-electron chi connectivity index (χ0n) is 20.7. The number of aromatic nitrogens is 7. The van der Waals surface area contributed by atoms with Gasteiger partial charge in [-0.05, 0) is 30.0 Å². The number of unbranched alkanes of at least 4 members (excludes halogenated alkanes) is 1. The molecule has 0 amide bonds. The third-order valence-corrected chi connectivity index (χ3v) is 6.35. The molecular formula is C27H27N7O3. The number of benzene rings is 2. The molecule has 0 bridgehead atoms. The molecule has 188 valence electrons. The van der Waals surface area contributed by atoms with Crippen LogP contribution in [0.5, 0.6) is 0 Å². The second-order valence-corrected chi connectivity index (χ2v) is 8.91. The number of aryl methyl sites for hydroxylation is 2. The second kappa shape index (κ2) is 10.6. The van der Waals surface area contributed by atoms with Crippen LogP contribution in [-0.4, -0.2) is 35.1 Å². The lowest BCUT2D eigenvalue weighted by Gasteiger charge is -2.16. The Labute approximate surface area is 212 Å². The lowest BCUT2D eigenvalue weighted by Crippen LogP contribution is -2.30. The van der Waals surface area contributed by atoms with E-state index in [9.17, 15) is 9.59 Å². The van der Waals surface area contributed by atoms with E-state index in [1.54, 1.807) is 10.8 Å². The van der Waals surface area contributed by atoms with Gasteiger partial charge in [-0.1, -0.05) is 67.0 Å². The molecule has 0 saturated carbocycles. The molecule has 0 spiro atoms. The summed E-state index contributed by atoms with van der Waals surface area (Å²) in [5, 5.41) is 14.4. The smallest absolute Gasteiger partial charge is 0.296 e. The number of aromatic amines is 2. The minimum Gasteiger partial charge on any atom is -0.296 e. The largest absolute Gasteiger partial charge is 0.439 e. The van der Waals surface area contributed by atoms with Gasteiger partial charge in [-0.2, -0.15) is 15.4 Å². The summed E-state index contributed by atoms with van der Waals surface area (Å²) in [5.74, 6) is 0.568. The van der Waals surface area contributed by atoms with Crippen molar-refractivity contribution < 1.29 is 4.52 Å². The average molecular weight is 498 g/mol. The predicted octanol–water partition coefficient (Wildman–Crippen LogP) is 3.66. The number of hydrogen-bond donors (Lipinski definition) is 2. The Morgan fingerprint density at radius 2 is 1.81 bits per heavy atom. The van der Waals surface area contributed by atoms with E-state index in [-0.39, 0.29) is 5.56 Å². The van der Waals surface area contributed by atoms with Gasteiger partial charge in [0.05, 0.1) is 18.4 Å². The zero-order valence-corrected chi connectivity index (χ0v) is 20.7. The fourth-order valence-corrected chi connectivity index (χ4v) is 4.40. The van der Waals surface area contributed by atoms with Crippen LogP contribution >= 0.6 is 0 Å². The van der Waals surface area contributed by atoms with Crippen LogP contribution in [0.15, 0.2) is 68.8 Å². The predicted molar refractivity (Wildman–Crippen MR) is 138 cm³/mol. The minimum absolute atomic E-state index is 0.0500. The van der Waals surface area contributed by atoms with Crippen LogP contribution < -0.4 is 11.3 Å². The van der Waals surface area contributed by atoms with Crippen molar-refractivity contribution in [1.82, 2.24) is 35.1 Å². The highest BCUT2D eigenvalue weighted by atomic mass is 16.5. The third kappa shape index (κ3) is 5.18. The molecule has 37 heavy (non-hydrogen) atoms. The molecule has 5 aromatic rings. The Bertz CT molecular complexity index is 1610. The molecule has 2 N–H and O–H groups in total. The van der Waals surface area contributed by atoms with E-state index >= 15 is 0 Å². The van der Waals surface area contributed by atoms with E-state index in [4.69, 9.17) is 4.98 Å². The monoisotopic (exact) mass is 497 g/mol. The molecule has 0 radical (unpaired) electrons. The molecule has 2 aromatic carbocycles. The van der Waals surface area contributed by atoms with E-state index in [1.165, 1.54) is 0 Å². The molecule has 10 heteroatoms. The van der Waals surface area contributed by atoms with Crippen molar-refractivity contribution in [2.24, 2.45) is 0 Å². The summed E-state index contributed by atoms with van der Waals surface area (Å²) < 4.78 is 6.47. The van der Waals surface area contributed by atoms with E-state index in [0.717, 1.165) is 53.0 Å². The number of nitrogens with zero attached hydrogens (tertiary/aromatic N) is 5. The Hall–Kier alpha value is -4.60. The lowest BCUT2D eigenvalue weighted by molar-refractivity contribution is 0.388. The molecule has 0 saturated heterocycles. The molecule has 0 aliphatic rings. The standard InChI is InChI=1S/C27H27N7O3/c1-3-4-9-24-29-17(2)23(14-20-15-28-33-31-20)26(35)34(24)16-18-10-12-19(13-11-18)21-7-5-6-8-22(21)25-30-27(36)37-32-25/h5-8,10-13,15H,3-4,9,14,16H2,1-2H3,(H,28,31,33)(H,30,32,36). The fraction of sp³-hybridized carbons (Fsp3) is 0.259. The molecule has 0 aliphatic carbocycles. The first-order valence-electron chi connectivity index (χ1n) is 12.2. The SMILES string of the molecule is CCCCc1nc(C)c(Cc2cn[nH]n2)c(=O)n1Cc1ccc(-c2ccccc2-c2noc(=O)[nH]2)cc1. The molecule has 5 rings (SSSR count). The van der Waals surface area contributed by atoms with Crippen molar-refractivity contribution in [2.45, 2.75) is 46.1 Å². The van der Waals surface area contributed by atoms with Crippen molar-refractivity contribution in [3.8, 4) is 22.5 Å². The van der Waals surface area contributed by atoms with Crippen molar-refractivity contribution in [1.29, 1.82) is 0 Å². The Morgan fingerprint density at radius 3 is 2.49 bits per heavy atom. The summed E-state index contributed by atoms with van der Waals surface area (Å²) in [6.45, 7) is 4.42. The van der Waals surface area contributed by atoms with Gasteiger partial charge >= 0.3 is 5.76 Å². The first-order valence-corrected chi connectivity index (χ1v) is 12.2. The zero-order chi connectivity index (χ0) is 25.8. The molecule has 3 aromatic heterocycles. The minimum atomic E-state index is -0.598. The van der Waals surface area contributed by atoms with Crippen molar-refractivity contribution in [3.63, 3.8) is 0 Å². The molecule has 3 heterocycles. The van der Waals surface area contributed by atoms with Crippen LogP contribution in [0.1, 0.15) is 48.1 Å². The quantitative estimate of drug-likeness (QED) is 0.317. The van der Waals surface area contributed by atoms with E-state index in [2.05, 4.69) is 37.0 Å². The molecular weight excluding hydrogens is 470 g/mol.